The fourth-order valence-corrected chi connectivity index (χ4v) is 3.19. The first-order valence-corrected chi connectivity index (χ1v) is 7.41. The Bertz CT molecular complexity index is 515. The standard InChI is InChI=1S/C12H19FN2O2S/c1-3-9-7-11(14)10(4-2)12(8-9)18(16,17)15-6-5-13/h7-8,15H,3-6,14H2,1-2H3. The second-order valence-electron chi connectivity index (χ2n) is 3.96. The molecular formula is C12H19FN2O2S. The molecule has 3 N–H and O–H groups in total. The van der Waals surface area contributed by atoms with Crippen LogP contribution in [0.15, 0.2) is 17.0 Å². The highest BCUT2D eigenvalue weighted by atomic mass is 32.2. The van der Waals surface area contributed by atoms with Gasteiger partial charge in [-0.1, -0.05) is 13.8 Å². The number of sulfonamides is 1. The summed E-state index contributed by atoms with van der Waals surface area (Å²) in [7, 11) is -3.69. The fourth-order valence-electron chi connectivity index (χ4n) is 1.80. The Balaban J connectivity index is 3.33. The smallest absolute Gasteiger partial charge is 0.241 e. The second kappa shape index (κ2) is 6.15. The van der Waals surface area contributed by atoms with Crippen LogP contribution in [0.5, 0.6) is 0 Å². The van der Waals surface area contributed by atoms with E-state index in [1.54, 1.807) is 12.1 Å². The SMILES string of the molecule is CCc1cc(N)c(CC)c(S(=O)(=O)NCCF)c1. The minimum Gasteiger partial charge on any atom is -0.398 e. The summed E-state index contributed by atoms with van der Waals surface area (Å²) < 4.78 is 38.4. The van der Waals surface area contributed by atoms with Crippen molar-refractivity contribution in [1.29, 1.82) is 0 Å². The van der Waals surface area contributed by atoms with E-state index >= 15 is 0 Å². The van der Waals surface area contributed by atoms with Gasteiger partial charge in [-0.2, -0.15) is 0 Å². The summed E-state index contributed by atoms with van der Waals surface area (Å²) in [6, 6.07) is 3.39. The number of benzene rings is 1. The molecule has 102 valence electrons. The van der Waals surface area contributed by atoms with Crippen LogP contribution in [-0.2, 0) is 22.9 Å². The number of halogens is 1. The van der Waals surface area contributed by atoms with Crippen molar-refractivity contribution in [2.75, 3.05) is 19.0 Å². The average Bonchev–Trinajstić information content (AvgIpc) is 2.35. The topological polar surface area (TPSA) is 72.2 Å². The average molecular weight is 274 g/mol. The summed E-state index contributed by atoms with van der Waals surface area (Å²) >= 11 is 0. The van der Waals surface area contributed by atoms with E-state index < -0.39 is 16.7 Å². The molecule has 0 saturated carbocycles. The molecule has 4 nitrogen and oxygen atoms in total. The number of nitrogen functional groups attached to an aromatic ring is 1. The highest BCUT2D eigenvalue weighted by molar-refractivity contribution is 7.89. The van der Waals surface area contributed by atoms with Crippen molar-refractivity contribution in [1.82, 2.24) is 4.72 Å². The Kier molecular flexibility index (Phi) is 5.10. The number of nitrogens with two attached hydrogens (primary N) is 1. The van der Waals surface area contributed by atoms with Crippen LogP contribution in [0.3, 0.4) is 0 Å². The van der Waals surface area contributed by atoms with Gasteiger partial charge in [-0.3, -0.25) is 0 Å². The van der Waals surface area contributed by atoms with Crippen molar-refractivity contribution in [2.24, 2.45) is 0 Å². The Morgan fingerprint density at radius 3 is 2.44 bits per heavy atom. The van der Waals surface area contributed by atoms with E-state index in [0.29, 0.717) is 24.1 Å². The highest BCUT2D eigenvalue weighted by Gasteiger charge is 2.19. The Morgan fingerprint density at radius 2 is 1.94 bits per heavy atom. The van der Waals surface area contributed by atoms with Crippen LogP contribution in [0, 0.1) is 0 Å². The van der Waals surface area contributed by atoms with Crippen LogP contribution in [-0.4, -0.2) is 21.6 Å². The Morgan fingerprint density at radius 1 is 1.28 bits per heavy atom. The predicted octanol–water partition coefficient (Wildman–Crippen LogP) is 1.64. The lowest BCUT2D eigenvalue weighted by molar-refractivity contribution is 0.486. The van der Waals surface area contributed by atoms with Gasteiger partial charge in [-0.25, -0.2) is 17.5 Å². The zero-order valence-electron chi connectivity index (χ0n) is 10.7. The minimum absolute atomic E-state index is 0.162. The summed E-state index contributed by atoms with van der Waals surface area (Å²) in [4.78, 5) is 0.162. The molecule has 1 aromatic rings. The lowest BCUT2D eigenvalue weighted by Gasteiger charge is -2.14. The highest BCUT2D eigenvalue weighted by Crippen LogP contribution is 2.25. The summed E-state index contributed by atoms with van der Waals surface area (Å²) in [5, 5.41) is 0. The summed E-state index contributed by atoms with van der Waals surface area (Å²) in [5.41, 5.74) is 7.77. The van der Waals surface area contributed by atoms with Gasteiger partial charge in [0.25, 0.3) is 0 Å². The molecule has 0 unspecified atom stereocenters. The fraction of sp³-hybridized carbons (Fsp3) is 0.500. The monoisotopic (exact) mass is 274 g/mol. The van der Waals surface area contributed by atoms with E-state index in [2.05, 4.69) is 4.72 Å². The van der Waals surface area contributed by atoms with Gasteiger partial charge in [0.2, 0.25) is 10.0 Å². The summed E-state index contributed by atoms with van der Waals surface area (Å²) in [6.45, 7) is 2.81. The van der Waals surface area contributed by atoms with Crippen LogP contribution in [0.4, 0.5) is 10.1 Å². The molecular weight excluding hydrogens is 255 g/mol. The van der Waals surface area contributed by atoms with Gasteiger partial charge < -0.3 is 5.73 Å². The second-order valence-corrected chi connectivity index (χ2v) is 5.69. The van der Waals surface area contributed by atoms with E-state index in [0.717, 1.165) is 5.56 Å². The molecule has 0 aliphatic rings. The van der Waals surface area contributed by atoms with Gasteiger partial charge in [0, 0.05) is 12.2 Å². The summed E-state index contributed by atoms with van der Waals surface area (Å²) in [6.07, 6.45) is 1.21. The molecule has 6 heteroatoms. The molecule has 0 heterocycles. The van der Waals surface area contributed by atoms with E-state index in [-0.39, 0.29) is 11.4 Å². The Labute approximate surface area is 107 Å². The first kappa shape index (κ1) is 14.9. The molecule has 0 saturated heterocycles. The van der Waals surface area contributed by atoms with Crippen LogP contribution in [0.1, 0.15) is 25.0 Å². The van der Waals surface area contributed by atoms with Gasteiger partial charge >= 0.3 is 0 Å². The van der Waals surface area contributed by atoms with Crippen molar-refractivity contribution in [3.05, 3.63) is 23.3 Å². The number of alkyl halides is 1. The molecule has 0 amide bonds. The molecule has 0 bridgehead atoms. The number of aryl methyl sites for hydroxylation is 1. The lowest BCUT2D eigenvalue weighted by Crippen LogP contribution is -2.27. The zero-order chi connectivity index (χ0) is 13.8. The third-order valence-corrected chi connectivity index (χ3v) is 4.27. The normalized spacial score (nSPS) is 11.7. The van der Waals surface area contributed by atoms with Crippen molar-refractivity contribution in [3.63, 3.8) is 0 Å². The van der Waals surface area contributed by atoms with Gasteiger partial charge in [-0.15, -0.1) is 0 Å². The third kappa shape index (κ3) is 3.20. The maximum absolute atomic E-state index is 12.1. The van der Waals surface area contributed by atoms with Crippen molar-refractivity contribution in [2.45, 2.75) is 31.6 Å². The van der Waals surface area contributed by atoms with Crippen LogP contribution in [0.25, 0.3) is 0 Å². The van der Waals surface area contributed by atoms with Crippen LogP contribution >= 0.6 is 0 Å². The van der Waals surface area contributed by atoms with Gasteiger partial charge in [0.1, 0.15) is 6.67 Å². The minimum atomic E-state index is -3.69. The van der Waals surface area contributed by atoms with Crippen molar-refractivity contribution >= 4 is 15.7 Å². The summed E-state index contributed by atoms with van der Waals surface area (Å²) in [5.74, 6) is 0. The van der Waals surface area contributed by atoms with Gasteiger partial charge in [0.05, 0.1) is 4.90 Å². The van der Waals surface area contributed by atoms with Gasteiger partial charge in [0.15, 0.2) is 0 Å². The first-order chi connectivity index (χ1) is 8.46. The van der Waals surface area contributed by atoms with Crippen LogP contribution < -0.4 is 10.5 Å². The molecule has 0 aliphatic heterocycles. The van der Waals surface area contributed by atoms with Crippen LogP contribution in [0.2, 0.25) is 0 Å². The first-order valence-electron chi connectivity index (χ1n) is 5.93. The number of hydrogen-bond acceptors (Lipinski definition) is 3. The lowest BCUT2D eigenvalue weighted by atomic mass is 10.1. The van der Waals surface area contributed by atoms with E-state index in [9.17, 15) is 12.8 Å². The van der Waals surface area contributed by atoms with Crippen molar-refractivity contribution < 1.29 is 12.8 Å². The largest absolute Gasteiger partial charge is 0.398 e. The molecule has 0 atom stereocenters. The maximum Gasteiger partial charge on any atom is 0.241 e. The number of rotatable bonds is 6. The molecule has 0 aromatic heterocycles. The molecule has 1 rings (SSSR count). The number of hydrogen-bond donors (Lipinski definition) is 2. The Hall–Kier alpha value is -1.14. The molecule has 0 spiro atoms. The predicted molar refractivity (Wildman–Crippen MR) is 70.8 cm³/mol. The zero-order valence-corrected chi connectivity index (χ0v) is 11.5. The quantitative estimate of drug-likeness (QED) is 0.775. The van der Waals surface area contributed by atoms with E-state index in [1.807, 2.05) is 13.8 Å². The molecule has 0 fully saturated rings. The molecule has 0 aliphatic carbocycles. The molecule has 18 heavy (non-hydrogen) atoms. The third-order valence-electron chi connectivity index (χ3n) is 2.74. The van der Waals surface area contributed by atoms with Crippen molar-refractivity contribution in [3.8, 4) is 0 Å². The number of anilines is 1. The molecule has 0 radical (unpaired) electrons. The maximum atomic E-state index is 12.1. The van der Waals surface area contributed by atoms with E-state index in [4.69, 9.17) is 5.73 Å². The molecule has 1 aromatic carbocycles. The van der Waals surface area contributed by atoms with Gasteiger partial charge in [-0.05, 0) is 36.1 Å². The number of nitrogens with one attached hydrogen (secondary N) is 1. The van der Waals surface area contributed by atoms with E-state index in [1.165, 1.54) is 0 Å².